The molecule has 106 valence electrons. The van der Waals surface area contributed by atoms with Crippen LogP contribution in [0.3, 0.4) is 0 Å². The molecule has 2 heteroatoms. The first-order chi connectivity index (χ1) is 9.61. The van der Waals surface area contributed by atoms with Crippen molar-refractivity contribution in [3.8, 4) is 0 Å². The van der Waals surface area contributed by atoms with E-state index >= 15 is 0 Å². The second-order valence-electron chi connectivity index (χ2n) is 5.80. The van der Waals surface area contributed by atoms with Crippen LogP contribution in [-0.4, -0.2) is 5.54 Å². The smallest absolute Gasteiger partial charge is 0.0620 e. The maximum Gasteiger partial charge on any atom is 0.0620 e. The van der Waals surface area contributed by atoms with Gasteiger partial charge in [0.05, 0.1) is 11.4 Å². The minimum absolute atomic E-state index is 0.100. The molecule has 0 radical (unpaired) electrons. The molecule has 2 aromatic carbocycles. The molecule has 0 unspecified atom stereocenters. The summed E-state index contributed by atoms with van der Waals surface area (Å²) >= 11 is 0. The van der Waals surface area contributed by atoms with Crippen LogP contribution < -0.4 is 10.6 Å². The van der Waals surface area contributed by atoms with Crippen molar-refractivity contribution in [2.75, 3.05) is 10.6 Å². The average Bonchev–Trinajstić information content (AvgIpc) is 2.42. The first-order valence-corrected chi connectivity index (χ1v) is 7.30. The van der Waals surface area contributed by atoms with Crippen molar-refractivity contribution in [1.29, 1.82) is 0 Å². The van der Waals surface area contributed by atoms with Gasteiger partial charge in [-0.15, -0.1) is 0 Å². The zero-order valence-electron chi connectivity index (χ0n) is 12.6. The van der Waals surface area contributed by atoms with Crippen molar-refractivity contribution in [3.63, 3.8) is 0 Å². The minimum atomic E-state index is 0.100. The van der Waals surface area contributed by atoms with Gasteiger partial charge in [0.25, 0.3) is 0 Å². The van der Waals surface area contributed by atoms with Gasteiger partial charge in [0.1, 0.15) is 0 Å². The Kier molecular flexibility index (Phi) is 4.67. The molecule has 0 aliphatic carbocycles. The van der Waals surface area contributed by atoms with Crippen LogP contribution in [0.2, 0.25) is 0 Å². The summed E-state index contributed by atoms with van der Waals surface area (Å²) in [6.07, 6.45) is 2.32. The second-order valence-corrected chi connectivity index (χ2v) is 5.80. The van der Waals surface area contributed by atoms with Gasteiger partial charge in [0, 0.05) is 11.2 Å². The number of benzene rings is 2. The number of hydrogen-bond acceptors (Lipinski definition) is 2. The van der Waals surface area contributed by atoms with Gasteiger partial charge in [0.2, 0.25) is 0 Å². The van der Waals surface area contributed by atoms with E-state index in [0.29, 0.717) is 0 Å². The lowest BCUT2D eigenvalue weighted by molar-refractivity contribution is 0.511. The van der Waals surface area contributed by atoms with Crippen LogP contribution in [0.5, 0.6) is 0 Å². The van der Waals surface area contributed by atoms with Gasteiger partial charge in [-0.05, 0) is 44.5 Å². The summed E-state index contributed by atoms with van der Waals surface area (Å²) in [6, 6.07) is 18.6. The van der Waals surface area contributed by atoms with Crippen molar-refractivity contribution in [1.82, 2.24) is 0 Å². The van der Waals surface area contributed by atoms with Gasteiger partial charge in [0.15, 0.2) is 0 Å². The van der Waals surface area contributed by atoms with Crippen LogP contribution in [-0.2, 0) is 0 Å². The Labute approximate surface area is 122 Å². The molecule has 0 spiro atoms. The maximum absolute atomic E-state index is 3.65. The summed E-state index contributed by atoms with van der Waals surface area (Å²) in [6.45, 7) is 6.71. The quantitative estimate of drug-likeness (QED) is 0.731. The number of anilines is 3. The van der Waals surface area contributed by atoms with Crippen molar-refractivity contribution in [2.45, 2.75) is 39.2 Å². The lowest BCUT2D eigenvalue weighted by Crippen LogP contribution is -2.30. The molecule has 0 saturated carbocycles. The van der Waals surface area contributed by atoms with Crippen molar-refractivity contribution in [2.24, 2.45) is 0 Å². The number of hydrogen-bond donors (Lipinski definition) is 2. The van der Waals surface area contributed by atoms with Gasteiger partial charge >= 0.3 is 0 Å². The van der Waals surface area contributed by atoms with Gasteiger partial charge in [-0.1, -0.05) is 43.7 Å². The number of para-hydroxylation sites is 3. The molecular formula is C18H24N2. The third kappa shape index (κ3) is 4.02. The van der Waals surface area contributed by atoms with Crippen LogP contribution in [0.4, 0.5) is 17.1 Å². The Bertz CT molecular complexity index is 532. The largest absolute Gasteiger partial charge is 0.378 e. The van der Waals surface area contributed by atoms with Gasteiger partial charge in [-0.2, -0.15) is 0 Å². The van der Waals surface area contributed by atoms with Gasteiger partial charge in [-0.3, -0.25) is 0 Å². The molecule has 20 heavy (non-hydrogen) atoms. The Morgan fingerprint density at radius 3 is 2.10 bits per heavy atom. The first-order valence-electron chi connectivity index (χ1n) is 7.30. The third-order valence-corrected chi connectivity index (χ3v) is 3.33. The van der Waals surface area contributed by atoms with E-state index < -0.39 is 0 Å². The standard InChI is InChI=1S/C18H24N2/c1-4-14-18(2,3)20-17-13-9-8-12-16(17)19-15-10-6-5-7-11-15/h5-13,19-20H,4,14H2,1-3H3. The highest BCUT2D eigenvalue weighted by Crippen LogP contribution is 2.28. The normalized spacial score (nSPS) is 11.2. The lowest BCUT2D eigenvalue weighted by atomic mass is 9.98. The predicted molar refractivity (Wildman–Crippen MR) is 88.8 cm³/mol. The average molecular weight is 268 g/mol. The molecule has 0 amide bonds. The molecule has 0 heterocycles. The summed E-state index contributed by atoms with van der Waals surface area (Å²) < 4.78 is 0. The van der Waals surface area contributed by atoms with Crippen LogP contribution in [0.15, 0.2) is 54.6 Å². The highest BCUT2D eigenvalue weighted by atomic mass is 15.0. The molecule has 0 bridgehead atoms. The summed E-state index contributed by atoms with van der Waals surface area (Å²) in [5.41, 5.74) is 3.47. The summed E-state index contributed by atoms with van der Waals surface area (Å²) in [5, 5.41) is 7.12. The van der Waals surface area contributed by atoms with Crippen LogP contribution in [0.25, 0.3) is 0 Å². The van der Waals surface area contributed by atoms with Gasteiger partial charge < -0.3 is 10.6 Å². The third-order valence-electron chi connectivity index (χ3n) is 3.33. The van der Waals surface area contributed by atoms with Crippen LogP contribution >= 0.6 is 0 Å². The van der Waals surface area contributed by atoms with E-state index in [4.69, 9.17) is 0 Å². The minimum Gasteiger partial charge on any atom is -0.378 e. The molecule has 2 aromatic rings. The molecule has 0 saturated heterocycles. The first kappa shape index (κ1) is 14.4. The van der Waals surface area contributed by atoms with Gasteiger partial charge in [-0.25, -0.2) is 0 Å². The monoisotopic (exact) mass is 268 g/mol. The molecule has 0 aromatic heterocycles. The summed E-state index contributed by atoms with van der Waals surface area (Å²) in [5.74, 6) is 0. The van der Waals surface area contributed by atoms with E-state index in [1.54, 1.807) is 0 Å². The predicted octanol–water partition coefficient (Wildman–Crippen LogP) is 5.42. The molecule has 2 rings (SSSR count). The zero-order valence-corrected chi connectivity index (χ0v) is 12.6. The number of nitrogens with one attached hydrogen (secondary N) is 2. The molecule has 0 aliphatic heterocycles. The fourth-order valence-corrected chi connectivity index (χ4v) is 2.43. The Morgan fingerprint density at radius 2 is 1.45 bits per heavy atom. The Balaban J connectivity index is 2.18. The zero-order chi connectivity index (χ0) is 14.4. The molecule has 0 fully saturated rings. The molecule has 0 atom stereocenters. The van der Waals surface area contributed by atoms with Crippen molar-refractivity contribution < 1.29 is 0 Å². The van der Waals surface area contributed by atoms with E-state index in [1.807, 2.05) is 18.2 Å². The van der Waals surface area contributed by atoms with Crippen LogP contribution in [0, 0.1) is 0 Å². The van der Waals surface area contributed by atoms with Crippen molar-refractivity contribution in [3.05, 3.63) is 54.6 Å². The lowest BCUT2D eigenvalue weighted by Gasteiger charge is -2.28. The highest BCUT2D eigenvalue weighted by Gasteiger charge is 2.17. The topological polar surface area (TPSA) is 24.1 Å². The van der Waals surface area contributed by atoms with E-state index in [0.717, 1.165) is 23.5 Å². The fraction of sp³-hybridized carbons (Fsp3) is 0.333. The molecule has 0 aliphatic rings. The molecule has 2 N–H and O–H groups in total. The van der Waals surface area contributed by atoms with E-state index in [1.165, 1.54) is 6.42 Å². The molecular weight excluding hydrogens is 244 g/mol. The fourth-order valence-electron chi connectivity index (χ4n) is 2.43. The maximum atomic E-state index is 3.65. The van der Waals surface area contributed by atoms with E-state index in [9.17, 15) is 0 Å². The highest BCUT2D eigenvalue weighted by molar-refractivity contribution is 5.74. The summed E-state index contributed by atoms with van der Waals surface area (Å²) in [4.78, 5) is 0. The van der Waals surface area contributed by atoms with Crippen molar-refractivity contribution >= 4 is 17.1 Å². The Hall–Kier alpha value is -1.96. The van der Waals surface area contributed by atoms with E-state index in [-0.39, 0.29) is 5.54 Å². The SMILES string of the molecule is CCCC(C)(C)Nc1ccccc1Nc1ccccc1. The van der Waals surface area contributed by atoms with E-state index in [2.05, 4.69) is 67.8 Å². The second kappa shape index (κ2) is 6.47. The summed E-state index contributed by atoms with van der Waals surface area (Å²) in [7, 11) is 0. The Morgan fingerprint density at radius 1 is 0.850 bits per heavy atom. The number of rotatable bonds is 6. The van der Waals surface area contributed by atoms with Crippen LogP contribution in [0.1, 0.15) is 33.6 Å². The molecule has 2 nitrogen and oxygen atoms in total.